The number of phenols is 1. The Morgan fingerprint density at radius 2 is 1.79 bits per heavy atom. The van der Waals surface area contributed by atoms with Crippen molar-refractivity contribution in [2.75, 3.05) is 25.2 Å². The van der Waals surface area contributed by atoms with Crippen LogP contribution < -0.4 is 4.90 Å². The van der Waals surface area contributed by atoms with E-state index in [1.165, 1.54) is 0 Å². The molecule has 0 aliphatic heterocycles. The third-order valence-corrected chi connectivity index (χ3v) is 3.43. The van der Waals surface area contributed by atoms with Gasteiger partial charge < -0.3 is 15.0 Å². The van der Waals surface area contributed by atoms with Crippen LogP contribution in [-0.2, 0) is 0 Å². The summed E-state index contributed by atoms with van der Waals surface area (Å²) in [6.07, 6.45) is 0. The van der Waals surface area contributed by atoms with Crippen LogP contribution in [0.5, 0.6) is 5.75 Å². The van der Waals surface area contributed by atoms with Gasteiger partial charge in [-0.1, -0.05) is 6.07 Å². The molecule has 98 valence electrons. The number of aromatic nitrogens is 1. The molecular formula is C15H15FN2O. The van der Waals surface area contributed by atoms with Crippen molar-refractivity contribution in [1.82, 2.24) is 4.98 Å². The maximum Gasteiger partial charge on any atom is 0.117 e. The van der Waals surface area contributed by atoms with Gasteiger partial charge in [-0.05, 0) is 24.3 Å². The molecule has 0 amide bonds. The predicted molar refractivity (Wildman–Crippen MR) is 76.7 cm³/mol. The molecule has 1 heterocycles. The van der Waals surface area contributed by atoms with Gasteiger partial charge in [0.1, 0.15) is 12.4 Å². The Hall–Kier alpha value is -2.23. The molecule has 0 saturated carbocycles. The topological polar surface area (TPSA) is 39.3 Å². The highest BCUT2D eigenvalue weighted by atomic mass is 19.1. The lowest BCUT2D eigenvalue weighted by Crippen LogP contribution is -2.19. The zero-order valence-corrected chi connectivity index (χ0v) is 10.7. The monoisotopic (exact) mass is 258 g/mol. The van der Waals surface area contributed by atoms with Gasteiger partial charge in [-0.2, -0.15) is 0 Å². The van der Waals surface area contributed by atoms with E-state index in [1.807, 2.05) is 36.2 Å². The summed E-state index contributed by atoms with van der Waals surface area (Å²) < 4.78 is 12.4. The standard InChI is InChI=1S/C15H15FN2O/c1-18(7-6-16)10-2-4-12-13-5-3-11(19)9-15(13)17-14(12)8-10/h2-5,8-9,17,19H,6-7H2,1H3. The van der Waals surface area contributed by atoms with Crippen molar-refractivity contribution >= 4 is 27.5 Å². The van der Waals surface area contributed by atoms with Gasteiger partial charge in [0, 0.05) is 41.6 Å². The van der Waals surface area contributed by atoms with E-state index in [2.05, 4.69) is 4.98 Å². The molecule has 2 aromatic carbocycles. The Balaban J connectivity index is 2.15. The minimum atomic E-state index is -0.366. The Morgan fingerprint density at radius 1 is 1.11 bits per heavy atom. The first-order valence-electron chi connectivity index (χ1n) is 6.20. The number of phenolic OH excluding ortho intramolecular Hbond substituents is 1. The van der Waals surface area contributed by atoms with Crippen LogP contribution >= 0.6 is 0 Å². The molecule has 0 unspecified atom stereocenters. The fraction of sp³-hybridized carbons (Fsp3) is 0.200. The van der Waals surface area contributed by atoms with Crippen LogP contribution in [0.1, 0.15) is 0 Å². The van der Waals surface area contributed by atoms with Crippen molar-refractivity contribution in [2.45, 2.75) is 0 Å². The van der Waals surface area contributed by atoms with Gasteiger partial charge >= 0.3 is 0 Å². The molecule has 3 aromatic rings. The van der Waals surface area contributed by atoms with E-state index >= 15 is 0 Å². The van der Waals surface area contributed by atoms with Gasteiger partial charge in [0.05, 0.1) is 5.52 Å². The molecule has 4 heteroatoms. The van der Waals surface area contributed by atoms with E-state index in [0.29, 0.717) is 6.54 Å². The molecule has 3 rings (SSSR count). The molecule has 0 fully saturated rings. The second-order valence-electron chi connectivity index (χ2n) is 4.70. The number of nitrogens with zero attached hydrogens (tertiary/aromatic N) is 1. The number of hydrogen-bond donors (Lipinski definition) is 2. The Kier molecular flexibility index (Phi) is 2.78. The third kappa shape index (κ3) is 1.99. The zero-order chi connectivity index (χ0) is 13.4. The zero-order valence-electron chi connectivity index (χ0n) is 10.7. The number of alkyl halides is 1. The second kappa shape index (κ2) is 4.46. The summed E-state index contributed by atoms with van der Waals surface area (Å²) in [5, 5.41) is 11.7. The minimum Gasteiger partial charge on any atom is -0.508 e. The molecule has 0 spiro atoms. The highest BCUT2D eigenvalue weighted by Crippen LogP contribution is 2.30. The molecule has 19 heavy (non-hydrogen) atoms. The highest BCUT2D eigenvalue weighted by molar-refractivity contribution is 6.08. The summed E-state index contributed by atoms with van der Waals surface area (Å²) in [4.78, 5) is 5.15. The summed E-state index contributed by atoms with van der Waals surface area (Å²) in [6, 6.07) is 11.3. The smallest absolute Gasteiger partial charge is 0.117 e. The third-order valence-electron chi connectivity index (χ3n) is 3.43. The van der Waals surface area contributed by atoms with Crippen LogP contribution in [-0.4, -0.2) is 30.4 Å². The van der Waals surface area contributed by atoms with Crippen LogP contribution in [0.3, 0.4) is 0 Å². The van der Waals surface area contributed by atoms with E-state index < -0.39 is 0 Å². The molecule has 2 N–H and O–H groups in total. The average molecular weight is 258 g/mol. The van der Waals surface area contributed by atoms with Gasteiger partial charge in [0.2, 0.25) is 0 Å². The second-order valence-corrected chi connectivity index (χ2v) is 4.70. The van der Waals surface area contributed by atoms with Gasteiger partial charge in [0.15, 0.2) is 0 Å². The molecule has 0 atom stereocenters. The molecule has 0 aliphatic rings. The summed E-state index contributed by atoms with van der Waals surface area (Å²) >= 11 is 0. The average Bonchev–Trinajstić information content (AvgIpc) is 2.75. The maximum atomic E-state index is 12.4. The molecule has 3 nitrogen and oxygen atoms in total. The van der Waals surface area contributed by atoms with Crippen LogP contribution in [0.2, 0.25) is 0 Å². The quantitative estimate of drug-likeness (QED) is 0.755. The van der Waals surface area contributed by atoms with E-state index in [4.69, 9.17) is 0 Å². The molecule has 1 aromatic heterocycles. The normalized spacial score (nSPS) is 11.3. The van der Waals surface area contributed by atoms with Crippen LogP contribution in [0, 0.1) is 0 Å². The van der Waals surface area contributed by atoms with E-state index in [1.54, 1.807) is 12.1 Å². The van der Waals surface area contributed by atoms with Crippen molar-refractivity contribution in [3.8, 4) is 5.75 Å². The van der Waals surface area contributed by atoms with Crippen molar-refractivity contribution in [3.05, 3.63) is 36.4 Å². The van der Waals surface area contributed by atoms with Crippen molar-refractivity contribution in [1.29, 1.82) is 0 Å². The number of aromatic amines is 1. The van der Waals surface area contributed by atoms with Crippen molar-refractivity contribution in [2.24, 2.45) is 0 Å². The molecular weight excluding hydrogens is 243 g/mol. The van der Waals surface area contributed by atoms with Gasteiger partial charge in [-0.25, -0.2) is 4.39 Å². The van der Waals surface area contributed by atoms with Gasteiger partial charge in [-0.15, -0.1) is 0 Å². The minimum absolute atomic E-state index is 0.244. The van der Waals surface area contributed by atoms with E-state index in [0.717, 1.165) is 27.5 Å². The van der Waals surface area contributed by atoms with Crippen LogP contribution in [0.25, 0.3) is 21.8 Å². The first-order chi connectivity index (χ1) is 9.19. The number of H-pyrrole nitrogens is 1. The summed E-state index contributed by atoms with van der Waals surface area (Å²) in [5.74, 6) is 0.244. The fourth-order valence-corrected chi connectivity index (χ4v) is 2.38. The number of halogens is 1. The summed E-state index contributed by atoms with van der Waals surface area (Å²) in [7, 11) is 1.87. The Bertz CT molecular complexity index is 735. The predicted octanol–water partition coefficient (Wildman–Crippen LogP) is 3.43. The molecule has 0 saturated heterocycles. The number of anilines is 1. The Labute approximate surface area is 110 Å². The first kappa shape index (κ1) is 11.8. The maximum absolute atomic E-state index is 12.4. The van der Waals surface area contributed by atoms with Crippen LogP contribution in [0.4, 0.5) is 10.1 Å². The lowest BCUT2D eigenvalue weighted by molar-refractivity contribution is 0.476. The lowest BCUT2D eigenvalue weighted by Gasteiger charge is -2.17. The van der Waals surface area contributed by atoms with Gasteiger partial charge in [0.25, 0.3) is 0 Å². The number of hydrogen-bond acceptors (Lipinski definition) is 2. The highest BCUT2D eigenvalue weighted by Gasteiger charge is 2.07. The Morgan fingerprint density at radius 3 is 2.53 bits per heavy atom. The van der Waals surface area contributed by atoms with Crippen molar-refractivity contribution < 1.29 is 9.50 Å². The van der Waals surface area contributed by atoms with E-state index in [-0.39, 0.29) is 12.4 Å². The molecule has 0 radical (unpaired) electrons. The molecule has 0 aliphatic carbocycles. The summed E-state index contributed by atoms with van der Waals surface area (Å²) in [6.45, 7) is 0.0155. The SMILES string of the molecule is CN(CCF)c1ccc2c(c1)[nH]c1cc(O)ccc12. The lowest BCUT2D eigenvalue weighted by atomic mass is 10.1. The number of nitrogens with one attached hydrogen (secondary N) is 1. The number of aromatic hydroxyl groups is 1. The van der Waals surface area contributed by atoms with Crippen molar-refractivity contribution in [3.63, 3.8) is 0 Å². The number of fused-ring (bicyclic) bond motifs is 3. The van der Waals surface area contributed by atoms with E-state index in [9.17, 15) is 9.50 Å². The van der Waals surface area contributed by atoms with Crippen LogP contribution in [0.15, 0.2) is 36.4 Å². The number of rotatable bonds is 3. The van der Waals surface area contributed by atoms with Gasteiger partial charge in [-0.3, -0.25) is 0 Å². The fourth-order valence-electron chi connectivity index (χ4n) is 2.38. The largest absolute Gasteiger partial charge is 0.508 e. The first-order valence-corrected chi connectivity index (χ1v) is 6.20. The summed E-state index contributed by atoms with van der Waals surface area (Å²) in [5.41, 5.74) is 2.87. The number of benzene rings is 2. The molecule has 0 bridgehead atoms.